The topological polar surface area (TPSA) is 194 Å². The van der Waals surface area contributed by atoms with Gasteiger partial charge in [0.1, 0.15) is 27.5 Å². The van der Waals surface area contributed by atoms with Gasteiger partial charge in [-0.25, -0.2) is 19.6 Å². The van der Waals surface area contributed by atoms with Crippen LogP contribution < -0.4 is 20.1 Å². The molecule has 0 unspecified atom stereocenters. The van der Waals surface area contributed by atoms with Crippen LogP contribution in [0.3, 0.4) is 0 Å². The molecule has 2 amide bonds. The first-order valence-corrected chi connectivity index (χ1v) is 16.5. The number of nitrogens with zero attached hydrogens (tertiary/aromatic N) is 2. The zero-order chi connectivity index (χ0) is 36.2. The van der Waals surface area contributed by atoms with Crippen molar-refractivity contribution in [3.8, 4) is 11.5 Å². The minimum atomic E-state index is -1.11. The fourth-order valence-electron chi connectivity index (χ4n) is 3.85. The molecule has 15 heteroatoms. The number of aromatic nitrogens is 2. The summed E-state index contributed by atoms with van der Waals surface area (Å²) in [7, 11) is 0. The number of nitrogens with one attached hydrogen (secondary N) is 2. The molecule has 0 spiro atoms. The van der Waals surface area contributed by atoms with Crippen LogP contribution in [0.25, 0.3) is 6.08 Å². The molecule has 258 valence electrons. The summed E-state index contributed by atoms with van der Waals surface area (Å²) in [5.74, 6) is -1.68. The third-order valence-electron chi connectivity index (χ3n) is 5.81. The van der Waals surface area contributed by atoms with Gasteiger partial charge in [-0.15, -0.1) is 0 Å². The van der Waals surface area contributed by atoms with Crippen molar-refractivity contribution in [2.45, 2.75) is 53.8 Å². The van der Waals surface area contributed by atoms with Crippen LogP contribution in [-0.4, -0.2) is 62.4 Å². The summed E-state index contributed by atoms with van der Waals surface area (Å²) in [5.41, 5.74) is 1.79. The number of thiazole rings is 2. The predicted octanol–water partition coefficient (Wildman–Crippen LogP) is 7.24. The molecule has 49 heavy (non-hydrogen) atoms. The fourth-order valence-corrected chi connectivity index (χ4v) is 5.16. The SMILES string of the molecule is CC(C)/C=C\c1cc(OC(C)C)cc(C(=O)Nc2ncc(C(=O)O)s2)c1.CC(C)Oc1cc(C=O)cc(C(=O)Nc2ncc(C(=O)O)s2)c1. The Morgan fingerprint density at radius 3 is 1.49 bits per heavy atom. The quantitative estimate of drug-likeness (QED) is 0.102. The molecule has 0 saturated heterocycles. The van der Waals surface area contributed by atoms with Crippen molar-refractivity contribution < 1.29 is 43.7 Å². The molecular formula is C34H36N4O9S2. The Hall–Kier alpha value is -5.41. The maximum absolute atomic E-state index is 12.6. The number of carboxylic acids is 2. The van der Waals surface area contributed by atoms with Crippen molar-refractivity contribution in [1.82, 2.24) is 9.97 Å². The summed E-state index contributed by atoms with van der Waals surface area (Å²) in [4.78, 5) is 65.3. The second-order valence-corrected chi connectivity index (χ2v) is 13.3. The van der Waals surface area contributed by atoms with E-state index >= 15 is 0 Å². The second kappa shape index (κ2) is 17.7. The van der Waals surface area contributed by atoms with Gasteiger partial charge >= 0.3 is 11.9 Å². The Morgan fingerprint density at radius 1 is 0.694 bits per heavy atom. The Bertz CT molecular complexity index is 1840. The highest BCUT2D eigenvalue weighted by molar-refractivity contribution is 7.17. The number of ether oxygens (including phenoxy) is 2. The highest BCUT2D eigenvalue weighted by atomic mass is 32.1. The number of anilines is 2. The van der Waals surface area contributed by atoms with Gasteiger partial charge in [-0.1, -0.05) is 48.7 Å². The molecule has 4 N–H and O–H groups in total. The lowest BCUT2D eigenvalue weighted by Crippen LogP contribution is -2.13. The highest BCUT2D eigenvalue weighted by Gasteiger charge is 2.16. The van der Waals surface area contributed by atoms with Crippen molar-refractivity contribution in [2.24, 2.45) is 5.92 Å². The Balaban J connectivity index is 0.000000267. The smallest absolute Gasteiger partial charge is 0.347 e. The first-order chi connectivity index (χ1) is 23.1. The van der Waals surface area contributed by atoms with Crippen molar-refractivity contribution >= 4 is 69.1 Å². The number of aldehydes is 1. The van der Waals surface area contributed by atoms with Crippen LogP contribution in [0.1, 0.15) is 97.5 Å². The molecule has 13 nitrogen and oxygen atoms in total. The van der Waals surface area contributed by atoms with E-state index < -0.39 is 17.8 Å². The van der Waals surface area contributed by atoms with E-state index in [-0.39, 0.29) is 43.7 Å². The van der Waals surface area contributed by atoms with Gasteiger partial charge in [0.25, 0.3) is 11.8 Å². The summed E-state index contributed by atoms with van der Waals surface area (Å²) in [6.45, 7) is 11.6. The molecule has 0 aliphatic heterocycles. The number of amides is 2. The first-order valence-electron chi connectivity index (χ1n) is 14.9. The van der Waals surface area contributed by atoms with Crippen molar-refractivity contribution in [2.75, 3.05) is 10.6 Å². The highest BCUT2D eigenvalue weighted by Crippen LogP contribution is 2.24. The maximum atomic E-state index is 12.6. The molecule has 0 saturated carbocycles. The predicted molar refractivity (Wildman–Crippen MR) is 188 cm³/mol. The normalized spacial score (nSPS) is 10.9. The Kier molecular flexibility index (Phi) is 13.7. The number of carbonyl (C=O) groups excluding carboxylic acids is 3. The van der Waals surface area contributed by atoms with Gasteiger partial charge in [-0.3, -0.25) is 25.0 Å². The summed E-state index contributed by atoms with van der Waals surface area (Å²) in [6, 6.07) is 9.76. The van der Waals surface area contributed by atoms with E-state index in [1.165, 1.54) is 24.4 Å². The Labute approximate surface area is 290 Å². The van der Waals surface area contributed by atoms with Gasteiger partial charge < -0.3 is 19.7 Å². The molecule has 0 fully saturated rings. The fraction of sp³-hybridized carbons (Fsp3) is 0.265. The third kappa shape index (κ3) is 12.3. The Morgan fingerprint density at radius 2 is 1.12 bits per heavy atom. The molecule has 2 heterocycles. The van der Waals surface area contributed by atoms with Gasteiger partial charge in [-0.2, -0.15) is 0 Å². The van der Waals surface area contributed by atoms with E-state index in [4.69, 9.17) is 19.7 Å². The molecule has 0 radical (unpaired) electrons. The zero-order valence-electron chi connectivity index (χ0n) is 27.5. The number of hydrogen-bond acceptors (Lipinski definition) is 11. The molecule has 2 aromatic carbocycles. The van der Waals surface area contributed by atoms with E-state index in [1.807, 2.05) is 45.9 Å². The number of allylic oxidation sites excluding steroid dienone is 1. The van der Waals surface area contributed by atoms with Gasteiger partial charge in [-0.05, 0) is 75.6 Å². The van der Waals surface area contributed by atoms with Gasteiger partial charge in [0.05, 0.1) is 24.6 Å². The molecule has 4 rings (SSSR count). The van der Waals surface area contributed by atoms with Gasteiger partial charge in [0.2, 0.25) is 0 Å². The van der Waals surface area contributed by atoms with Crippen LogP contribution >= 0.6 is 22.7 Å². The minimum Gasteiger partial charge on any atom is -0.491 e. The van der Waals surface area contributed by atoms with E-state index in [0.717, 1.165) is 34.4 Å². The largest absolute Gasteiger partial charge is 0.491 e. The van der Waals surface area contributed by atoms with E-state index in [2.05, 4.69) is 34.4 Å². The summed E-state index contributed by atoms with van der Waals surface area (Å²) < 4.78 is 11.2. The van der Waals surface area contributed by atoms with Crippen molar-refractivity contribution in [3.05, 3.63) is 86.9 Å². The number of carboxylic acid groups (broad SMARTS) is 2. The molecule has 0 aliphatic rings. The lowest BCUT2D eigenvalue weighted by Gasteiger charge is -2.12. The van der Waals surface area contributed by atoms with Gasteiger partial charge in [0, 0.05) is 16.7 Å². The van der Waals surface area contributed by atoms with Crippen LogP contribution in [0.4, 0.5) is 10.3 Å². The van der Waals surface area contributed by atoms with E-state index in [9.17, 15) is 24.0 Å². The van der Waals surface area contributed by atoms with Gasteiger partial charge in [0.15, 0.2) is 10.3 Å². The molecule has 0 atom stereocenters. The standard InChI is InChI=1S/C19H22N2O4S.C15H14N2O5S/c1-11(2)5-6-13-7-14(9-15(8-13)25-12(3)4)17(22)21-19-20-10-16(26-19)18(23)24;1-8(2)22-11-4-9(7-18)3-10(5-11)13(19)17-15-16-6-12(23-15)14(20)21/h5-12H,1-4H3,(H,23,24)(H,20,21,22);3-8H,1-2H3,(H,20,21)(H,16,17,19)/b6-5-;. The summed E-state index contributed by atoms with van der Waals surface area (Å²) >= 11 is 1.75. The van der Waals surface area contributed by atoms with Crippen molar-refractivity contribution in [1.29, 1.82) is 0 Å². The molecule has 0 bridgehead atoms. The van der Waals surface area contributed by atoms with Crippen molar-refractivity contribution in [3.63, 3.8) is 0 Å². The average molecular weight is 709 g/mol. The molecule has 0 aliphatic carbocycles. The lowest BCUT2D eigenvalue weighted by atomic mass is 10.1. The number of benzene rings is 2. The summed E-state index contributed by atoms with van der Waals surface area (Å²) in [6.07, 6.45) is 6.86. The van der Waals surface area contributed by atoms with Crippen LogP contribution in [-0.2, 0) is 0 Å². The molecule has 2 aromatic heterocycles. The van der Waals surface area contributed by atoms with Crippen LogP contribution in [0.5, 0.6) is 11.5 Å². The van der Waals surface area contributed by atoms with E-state index in [1.54, 1.807) is 12.1 Å². The third-order valence-corrected chi connectivity index (χ3v) is 7.61. The second-order valence-electron chi connectivity index (χ2n) is 11.2. The molecule has 4 aromatic rings. The average Bonchev–Trinajstić information content (AvgIpc) is 3.69. The zero-order valence-corrected chi connectivity index (χ0v) is 29.2. The number of carbonyl (C=O) groups is 5. The van der Waals surface area contributed by atoms with Crippen LogP contribution in [0, 0.1) is 5.92 Å². The number of rotatable bonds is 13. The monoisotopic (exact) mass is 708 g/mol. The van der Waals surface area contributed by atoms with E-state index in [0.29, 0.717) is 34.8 Å². The van der Waals surface area contributed by atoms with Crippen LogP contribution in [0.2, 0.25) is 0 Å². The lowest BCUT2D eigenvalue weighted by molar-refractivity contribution is 0.0691. The molecular weight excluding hydrogens is 673 g/mol. The minimum absolute atomic E-state index is 0.0192. The maximum Gasteiger partial charge on any atom is 0.347 e. The van der Waals surface area contributed by atoms with Crippen LogP contribution in [0.15, 0.2) is 54.9 Å². The summed E-state index contributed by atoms with van der Waals surface area (Å²) in [5, 5.41) is 23.3. The number of hydrogen-bond donors (Lipinski definition) is 4. The first kappa shape index (κ1) is 38.0. The number of aromatic carboxylic acids is 2.